The van der Waals surface area contributed by atoms with Crippen LogP contribution in [0.5, 0.6) is 0 Å². The lowest BCUT2D eigenvalue weighted by atomic mass is 9.92. The number of rotatable bonds is 8. The van der Waals surface area contributed by atoms with Crippen LogP contribution in [0.2, 0.25) is 0 Å². The second-order valence-electron chi connectivity index (χ2n) is 9.86. The lowest BCUT2D eigenvalue weighted by Gasteiger charge is -2.25. The molecule has 2 atom stereocenters. The molecule has 1 heterocycles. The van der Waals surface area contributed by atoms with Crippen LogP contribution >= 0.6 is 0 Å². The summed E-state index contributed by atoms with van der Waals surface area (Å²) in [7, 11) is -3.57. The van der Waals surface area contributed by atoms with Gasteiger partial charge in [0.25, 0.3) is 16.0 Å². The first kappa shape index (κ1) is 25.9. The standard InChI is InChI=1S/C27H30N2O2S.C2H4O2/c1-27(25-19-29(20-26(25)27)17-9-12-21-10-4-2-5-11-21)22-13-8-14-23(18-22)28-32(30,31)24-15-6-3-7-16-24;1-2(3)4/h2-8,10-11,13-16,18,25-26,28H,9,12,17,19-20H2,1H3;1H3,(H,3,4). The van der Waals surface area contributed by atoms with Gasteiger partial charge in [0.15, 0.2) is 0 Å². The number of piperidine rings is 1. The van der Waals surface area contributed by atoms with E-state index in [1.165, 1.54) is 17.5 Å². The molecule has 0 radical (unpaired) electrons. The van der Waals surface area contributed by atoms with Crippen molar-refractivity contribution in [3.8, 4) is 0 Å². The van der Waals surface area contributed by atoms with Gasteiger partial charge < -0.3 is 10.0 Å². The van der Waals surface area contributed by atoms with Gasteiger partial charge >= 0.3 is 0 Å². The van der Waals surface area contributed by atoms with Gasteiger partial charge in [0.1, 0.15) is 0 Å². The zero-order valence-corrected chi connectivity index (χ0v) is 21.6. The number of hydrogen-bond donors (Lipinski definition) is 2. The van der Waals surface area contributed by atoms with Gasteiger partial charge in [-0.05, 0) is 66.6 Å². The Morgan fingerprint density at radius 3 is 2.17 bits per heavy atom. The lowest BCUT2D eigenvalue weighted by Crippen LogP contribution is -2.30. The molecular formula is C29H34N2O4S. The van der Waals surface area contributed by atoms with E-state index in [0.717, 1.165) is 33.0 Å². The van der Waals surface area contributed by atoms with Crippen molar-refractivity contribution < 1.29 is 18.3 Å². The van der Waals surface area contributed by atoms with Gasteiger partial charge in [0, 0.05) is 31.1 Å². The summed E-state index contributed by atoms with van der Waals surface area (Å²) >= 11 is 0. The highest BCUT2D eigenvalue weighted by Crippen LogP contribution is 2.63. The predicted molar refractivity (Wildman–Crippen MR) is 143 cm³/mol. The number of carboxylic acid groups (broad SMARTS) is 1. The number of aliphatic carboxylic acids is 1. The number of benzene rings is 3. The molecule has 1 saturated heterocycles. The van der Waals surface area contributed by atoms with E-state index < -0.39 is 16.0 Å². The minimum atomic E-state index is -3.57. The van der Waals surface area contributed by atoms with Crippen LogP contribution in [-0.2, 0) is 26.7 Å². The van der Waals surface area contributed by atoms with Gasteiger partial charge in [-0.1, -0.05) is 67.6 Å². The fraction of sp³-hybridized carbons (Fsp3) is 0.345. The normalized spacial score (nSPS) is 22.7. The summed E-state index contributed by atoms with van der Waals surface area (Å²) < 4.78 is 28.2. The average molecular weight is 507 g/mol. The van der Waals surface area contributed by atoms with E-state index in [4.69, 9.17) is 9.90 Å². The largest absolute Gasteiger partial charge is 0.481 e. The number of anilines is 1. The summed E-state index contributed by atoms with van der Waals surface area (Å²) in [5.74, 6) is 0.473. The van der Waals surface area contributed by atoms with Gasteiger partial charge in [0.2, 0.25) is 0 Å². The maximum absolute atomic E-state index is 12.7. The fourth-order valence-corrected chi connectivity index (χ4v) is 6.53. The van der Waals surface area contributed by atoms with E-state index >= 15 is 0 Å². The van der Waals surface area contributed by atoms with Crippen LogP contribution < -0.4 is 4.72 Å². The molecule has 36 heavy (non-hydrogen) atoms. The van der Waals surface area contributed by atoms with Crippen LogP contribution in [0.3, 0.4) is 0 Å². The quantitative estimate of drug-likeness (QED) is 0.448. The molecule has 2 N–H and O–H groups in total. The third-order valence-corrected chi connectivity index (χ3v) is 8.80. The van der Waals surface area contributed by atoms with Gasteiger partial charge in [-0.25, -0.2) is 8.42 Å². The summed E-state index contributed by atoms with van der Waals surface area (Å²) in [5, 5.41) is 7.42. The highest BCUT2D eigenvalue weighted by molar-refractivity contribution is 7.92. The molecule has 0 amide bonds. The van der Waals surface area contributed by atoms with E-state index in [2.05, 4.69) is 52.9 Å². The maximum Gasteiger partial charge on any atom is 0.300 e. The number of carbonyl (C=O) groups is 1. The zero-order valence-electron chi connectivity index (χ0n) is 20.8. The topological polar surface area (TPSA) is 86.7 Å². The van der Waals surface area contributed by atoms with Crippen molar-refractivity contribution in [2.45, 2.75) is 37.0 Å². The van der Waals surface area contributed by atoms with Crippen molar-refractivity contribution in [3.63, 3.8) is 0 Å². The van der Waals surface area contributed by atoms with Crippen molar-refractivity contribution >= 4 is 21.7 Å². The molecule has 1 saturated carbocycles. The van der Waals surface area contributed by atoms with Crippen molar-refractivity contribution in [2.24, 2.45) is 11.8 Å². The summed E-state index contributed by atoms with van der Waals surface area (Å²) in [6.07, 6.45) is 2.32. The van der Waals surface area contributed by atoms with Crippen molar-refractivity contribution in [1.29, 1.82) is 0 Å². The smallest absolute Gasteiger partial charge is 0.300 e. The Kier molecular flexibility index (Phi) is 7.81. The minimum Gasteiger partial charge on any atom is -0.481 e. The molecule has 0 aromatic heterocycles. The second kappa shape index (κ2) is 10.8. The molecule has 3 aromatic carbocycles. The number of carboxylic acids is 1. The molecule has 0 bridgehead atoms. The third-order valence-electron chi connectivity index (χ3n) is 7.40. The Labute approximate surface area is 214 Å². The Hall–Kier alpha value is -3.16. The Morgan fingerprint density at radius 2 is 1.56 bits per heavy atom. The number of nitrogens with one attached hydrogen (secondary N) is 1. The molecule has 6 nitrogen and oxygen atoms in total. The van der Waals surface area contributed by atoms with Gasteiger partial charge in [-0.2, -0.15) is 0 Å². The first-order valence-corrected chi connectivity index (χ1v) is 13.8. The number of nitrogens with zero attached hydrogens (tertiary/aromatic N) is 1. The lowest BCUT2D eigenvalue weighted by molar-refractivity contribution is -0.134. The first-order valence-electron chi connectivity index (χ1n) is 12.3. The van der Waals surface area contributed by atoms with Crippen LogP contribution in [0.4, 0.5) is 5.69 Å². The Morgan fingerprint density at radius 1 is 0.972 bits per heavy atom. The van der Waals surface area contributed by atoms with Crippen molar-refractivity contribution in [1.82, 2.24) is 4.90 Å². The van der Waals surface area contributed by atoms with Gasteiger partial charge in [-0.3, -0.25) is 9.52 Å². The molecule has 2 aliphatic rings. The van der Waals surface area contributed by atoms with Gasteiger partial charge in [-0.15, -0.1) is 0 Å². The number of hydrogen-bond acceptors (Lipinski definition) is 4. The molecule has 5 rings (SSSR count). The van der Waals surface area contributed by atoms with Crippen LogP contribution in [0.25, 0.3) is 0 Å². The molecule has 1 aliphatic heterocycles. The van der Waals surface area contributed by atoms with E-state index in [1.807, 2.05) is 24.3 Å². The molecule has 2 fully saturated rings. The van der Waals surface area contributed by atoms with Crippen molar-refractivity contribution in [3.05, 3.63) is 96.1 Å². The first-order chi connectivity index (χ1) is 17.2. The van der Waals surface area contributed by atoms with E-state index in [9.17, 15) is 8.42 Å². The molecule has 1 aliphatic carbocycles. The van der Waals surface area contributed by atoms with Gasteiger partial charge in [0.05, 0.1) is 4.90 Å². The van der Waals surface area contributed by atoms with Crippen LogP contribution in [0.15, 0.2) is 89.8 Å². The summed E-state index contributed by atoms with van der Waals surface area (Å²) in [4.78, 5) is 11.9. The van der Waals surface area contributed by atoms with Crippen LogP contribution in [-0.4, -0.2) is 44.0 Å². The second-order valence-corrected chi connectivity index (χ2v) is 11.5. The Bertz CT molecular complexity index is 1260. The fourth-order valence-electron chi connectivity index (χ4n) is 5.46. The molecule has 7 heteroatoms. The molecule has 2 unspecified atom stereocenters. The molecule has 0 spiro atoms. The van der Waals surface area contributed by atoms with Crippen LogP contribution in [0, 0.1) is 11.8 Å². The molecular weight excluding hydrogens is 472 g/mol. The minimum absolute atomic E-state index is 0.143. The highest BCUT2D eigenvalue weighted by Gasteiger charge is 2.65. The third kappa shape index (κ3) is 5.97. The average Bonchev–Trinajstić information content (AvgIpc) is 3.18. The summed E-state index contributed by atoms with van der Waals surface area (Å²) in [6, 6.07) is 27.2. The number of sulfonamides is 1. The van der Waals surface area contributed by atoms with E-state index in [-0.39, 0.29) is 10.3 Å². The summed E-state index contributed by atoms with van der Waals surface area (Å²) in [6.45, 7) is 6.84. The van der Waals surface area contributed by atoms with E-state index in [0.29, 0.717) is 17.5 Å². The highest BCUT2D eigenvalue weighted by atomic mass is 32.2. The van der Waals surface area contributed by atoms with Crippen LogP contribution in [0.1, 0.15) is 31.4 Å². The SMILES string of the molecule is CC(=O)O.CC1(c2cccc(NS(=O)(=O)c3ccccc3)c2)C2CN(CCCc3ccccc3)CC21. The Balaban J connectivity index is 0.000000709. The number of likely N-dealkylation sites (tertiary alicyclic amines) is 1. The maximum atomic E-state index is 12.7. The van der Waals surface area contributed by atoms with Crippen molar-refractivity contribution in [2.75, 3.05) is 24.4 Å². The predicted octanol–water partition coefficient (Wildman–Crippen LogP) is 5.03. The molecule has 3 aromatic rings. The molecule has 190 valence electrons. The van der Waals surface area contributed by atoms with E-state index in [1.54, 1.807) is 24.3 Å². The monoisotopic (exact) mass is 506 g/mol. The summed E-state index contributed by atoms with van der Waals surface area (Å²) in [5.41, 5.74) is 3.43. The number of fused-ring (bicyclic) bond motifs is 1. The number of aryl methyl sites for hydroxylation is 1. The zero-order chi connectivity index (χ0) is 25.8.